The van der Waals surface area contributed by atoms with Gasteiger partial charge >= 0.3 is 11.8 Å². The molecule has 3 aromatic rings. The standard InChI is InChI=1S/C14H11ClFN5O6/c1-20(13(22)23)4-5-25-12-10(17-27-19-12)11-18-26-14(24)21(11)7-2-3-9(16)8(15)6-7/h2-3,6H,4-5H2,1H3,(H,22,23). The van der Waals surface area contributed by atoms with Gasteiger partial charge < -0.3 is 14.7 Å². The van der Waals surface area contributed by atoms with Gasteiger partial charge in [-0.25, -0.2) is 23.2 Å². The summed E-state index contributed by atoms with van der Waals surface area (Å²) in [5.41, 5.74) is 0.0986. The largest absolute Gasteiger partial charge is 0.472 e. The van der Waals surface area contributed by atoms with Gasteiger partial charge in [0.05, 0.1) is 17.3 Å². The van der Waals surface area contributed by atoms with Crippen LogP contribution in [0.5, 0.6) is 5.88 Å². The molecule has 0 aliphatic carbocycles. The van der Waals surface area contributed by atoms with Crippen LogP contribution < -0.4 is 10.5 Å². The number of likely N-dealkylation sites (N-methyl/N-ethyl adjacent to an activating group) is 1. The Morgan fingerprint density at radius 1 is 1.41 bits per heavy atom. The van der Waals surface area contributed by atoms with E-state index in [9.17, 15) is 14.0 Å². The predicted molar refractivity (Wildman–Crippen MR) is 86.5 cm³/mol. The molecule has 0 saturated carbocycles. The average molecular weight is 400 g/mol. The second-order valence-corrected chi connectivity index (χ2v) is 5.58. The number of carbonyl (C=O) groups is 1. The maximum Gasteiger partial charge on any atom is 0.446 e. The van der Waals surface area contributed by atoms with E-state index in [0.717, 1.165) is 15.5 Å². The third-order valence-electron chi connectivity index (χ3n) is 3.43. The van der Waals surface area contributed by atoms with Crippen LogP contribution in [0.4, 0.5) is 9.18 Å². The summed E-state index contributed by atoms with van der Waals surface area (Å²) in [6, 6.07) is 3.56. The van der Waals surface area contributed by atoms with E-state index in [2.05, 4.69) is 24.6 Å². The maximum absolute atomic E-state index is 13.4. The molecule has 3 rings (SSSR count). The molecule has 0 spiro atoms. The molecule has 1 aromatic carbocycles. The highest BCUT2D eigenvalue weighted by molar-refractivity contribution is 6.30. The Balaban J connectivity index is 1.91. The first-order valence-electron chi connectivity index (χ1n) is 7.32. The summed E-state index contributed by atoms with van der Waals surface area (Å²) < 4.78 is 28.9. The number of hydrogen-bond acceptors (Lipinski definition) is 8. The molecule has 0 atom stereocenters. The number of benzene rings is 1. The maximum atomic E-state index is 13.4. The van der Waals surface area contributed by atoms with Crippen molar-refractivity contribution in [3.8, 4) is 23.1 Å². The third kappa shape index (κ3) is 3.74. The second kappa shape index (κ2) is 7.45. The number of amides is 1. The number of ether oxygens (including phenoxy) is 1. The van der Waals surface area contributed by atoms with E-state index in [-0.39, 0.29) is 41.3 Å². The first-order valence-corrected chi connectivity index (χ1v) is 7.70. The Morgan fingerprint density at radius 2 is 2.19 bits per heavy atom. The fourth-order valence-corrected chi connectivity index (χ4v) is 2.21. The molecular formula is C14H11ClFN5O6. The van der Waals surface area contributed by atoms with E-state index in [4.69, 9.17) is 21.4 Å². The molecule has 0 bridgehead atoms. The zero-order chi connectivity index (χ0) is 19.6. The van der Waals surface area contributed by atoms with Crippen LogP contribution in [0, 0.1) is 5.82 Å². The molecule has 11 nitrogen and oxygen atoms in total. The van der Waals surface area contributed by atoms with Crippen LogP contribution in [0.2, 0.25) is 5.02 Å². The third-order valence-corrected chi connectivity index (χ3v) is 3.72. The summed E-state index contributed by atoms with van der Waals surface area (Å²) in [6.07, 6.45) is -1.13. The molecule has 2 heterocycles. The average Bonchev–Trinajstić information content (AvgIpc) is 3.23. The first kappa shape index (κ1) is 18.4. The smallest absolute Gasteiger partial charge is 0.446 e. The van der Waals surface area contributed by atoms with Crippen LogP contribution in [0.15, 0.2) is 32.1 Å². The van der Waals surface area contributed by atoms with Gasteiger partial charge in [-0.15, -0.1) is 0 Å². The number of carboxylic acid groups (broad SMARTS) is 1. The lowest BCUT2D eigenvalue weighted by Crippen LogP contribution is -2.29. The SMILES string of the molecule is CN(CCOc1nonc1-c1noc(=O)n1-c1ccc(F)c(Cl)c1)C(=O)O. The van der Waals surface area contributed by atoms with Crippen LogP contribution in [-0.2, 0) is 0 Å². The van der Waals surface area contributed by atoms with Gasteiger partial charge in [0.25, 0.3) is 5.88 Å². The Hall–Kier alpha value is -3.41. The first-order chi connectivity index (χ1) is 12.9. The highest BCUT2D eigenvalue weighted by atomic mass is 35.5. The van der Waals surface area contributed by atoms with Crippen LogP contribution in [0.1, 0.15) is 0 Å². The lowest BCUT2D eigenvalue weighted by Gasteiger charge is -2.12. The van der Waals surface area contributed by atoms with Crippen molar-refractivity contribution in [1.82, 2.24) is 24.9 Å². The van der Waals surface area contributed by atoms with E-state index in [1.54, 1.807) is 0 Å². The molecule has 0 fully saturated rings. The minimum Gasteiger partial charge on any atom is -0.472 e. The van der Waals surface area contributed by atoms with Crippen molar-refractivity contribution < 1.29 is 28.2 Å². The van der Waals surface area contributed by atoms with E-state index < -0.39 is 17.7 Å². The molecule has 1 N–H and O–H groups in total. The van der Waals surface area contributed by atoms with Crippen molar-refractivity contribution in [1.29, 1.82) is 0 Å². The van der Waals surface area contributed by atoms with Crippen molar-refractivity contribution in [2.24, 2.45) is 0 Å². The van der Waals surface area contributed by atoms with Crippen LogP contribution >= 0.6 is 11.6 Å². The molecular weight excluding hydrogens is 389 g/mol. The van der Waals surface area contributed by atoms with Crippen LogP contribution in [-0.4, -0.2) is 56.3 Å². The summed E-state index contributed by atoms with van der Waals surface area (Å²) in [6.45, 7) is -0.0186. The van der Waals surface area contributed by atoms with Crippen molar-refractivity contribution in [2.45, 2.75) is 0 Å². The lowest BCUT2D eigenvalue weighted by atomic mass is 10.3. The minimum absolute atomic E-state index is 0.0425. The van der Waals surface area contributed by atoms with Crippen molar-refractivity contribution >= 4 is 17.7 Å². The van der Waals surface area contributed by atoms with E-state index in [1.807, 2.05) is 0 Å². The van der Waals surface area contributed by atoms with E-state index >= 15 is 0 Å². The zero-order valence-electron chi connectivity index (χ0n) is 13.6. The van der Waals surface area contributed by atoms with Gasteiger partial charge in [-0.1, -0.05) is 16.8 Å². The molecule has 0 unspecified atom stereocenters. The quantitative estimate of drug-likeness (QED) is 0.655. The van der Waals surface area contributed by atoms with Gasteiger partial charge in [-0.3, -0.25) is 4.52 Å². The fraction of sp³-hybridized carbons (Fsp3) is 0.214. The van der Waals surface area contributed by atoms with Crippen LogP contribution in [0.25, 0.3) is 17.2 Å². The van der Waals surface area contributed by atoms with Gasteiger partial charge in [-0.2, -0.15) is 0 Å². The Kier molecular flexibility index (Phi) is 5.07. The molecule has 1 amide bonds. The number of hydrogen-bond donors (Lipinski definition) is 1. The zero-order valence-corrected chi connectivity index (χ0v) is 14.4. The Morgan fingerprint density at radius 3 is 2.89 bits per heavy atom. The highest BCUT2D eigenvalue weighted by Crippen LogP contribution is 2.27. The second-order valence-electron chi connectivity index (χ2n) is 5.18. The molecule has 142 valence electrons. The van der Waals surface area contributed by atoms with Crippen LogP contribution in [0.3, 0.4) is 0 Å². The summed E-state index contributed by atoms with van der Waals surface area (Å²) >= 11 is 5.75. The topological polar surface area (TPSA) is 137 Å². The van der Waals surface area contributed by atoms with E-state index in [0.29, 0.717) is 0 Å². The Bertz CT molecular complexity index is 1030. The highest BCUT2D eigenvalue weighted by Gasteiger charge is 2.24. The fourth-order valence-electron chi connectivity index (χ4n) is 2.04. The Labute approximate surface area is 154 Å². The molecule has 13 heteroatoms. The summed E-state index contributed by atoms with van der Waals surface area (Å²) in [5.74, 6) is -1.80. The normalized spacial score (nSPS) is 10.8. The number of halogens is 2. The number of nitrogens with zero attached hydrogens (tertiary/aromatic N) is 5. The molecule has 2 aromatic heterocycles. The minimum atomic E-state index is -1.13. The van der Waals surface area contributed by atoms with Gasteiger partial charge in [0.2, 0.25) is 11.5 Å². The van der Waals surface area contributed by atoms with Crippen molar-refractivity contribution in [3.63, 3.8) is 0 Å². The monoisotopic (exact) mass is 399 g/mol. The van der Waals surface area contributed by atoms with Gasteiger partial charge in [0, 0.05) is 7.05 Å². The van der Waals surface area contributed by atoms with Gasteiger partial charge in [0.1, 0.15) is 12.4 Å². The lowest BCUT2D eigenvalue weighted by molar-refractivity contribution is 0.145. The number of rotatable bonds is 6. The van der Waals surface area contributed by atoms with Gasteiger partial charge in [-0.05, 0) is 28.5 Å². The van der Waals surface area contributed by atoms with Crippen molar-refractivity contribution in [3.05, 3.63) is 39.6 Å². The molecule has 0 radical (unpaired) electrons. The summed E-state index contributed by atoms with van der Waals surface area (Å²) in [7, 11) is 1.36. The van der Waals surface area contributed by atoms with Crippen molar-refractivity contribution in [2.75, 3.05) is 20.2 Å². The van der Waals surface area contributed by atoms with E-state index in [1.165, 1.54) is 19.2 Å². The molecule has 0 aliphatic rings. The molecule has 0 saturated heterocycles. The van der Waals surface area contributed by atoms with Gasteiger partial charge in [0.15, 0.2) is 0 Å². The number of aromatic nitrogens is 4. The molecule has 27 heavy (non-hydrogen) atoms. The summed E-state index contributed by atoms with van der Waals surface area (Å²) in [5, 5.41) is 19.4. The molecule has 0 aliphatic heterocycles. The predicted octanol–water partition coefficient (Wildman–Crippen LogP) is 1.66. The summed E-state index contributed by atoms with van der Waals surface area (Å²) in [4.78, 5) is 23.8.